The highest BCUT2D eigenvalue weighted by atomic mass is 79.9. The number of rotatable bonds is 4. The third kappa shape index (κ3) is 3.61. The molecule has 0 spiro atoms. The van der Waals surface area contributed by atoms with Gasteiger partial charge in [-0.2, -0.15) is 0 Å². The van der Waals surface area contributed by atoms with E-state index in [9.17, 15) is 4.39 Å². The van der Waals surface area contributed by atoms with E-state index < -0.39 is 5.82 Å². The monoisotopic (exact) mass is 344 g/mol. The summed E-state index contributed by atoms with van der Waals surface area (Å²) in [7, 11) is 1.60. The molecule has 0 unspecified atom stereocenters. The van der Waals surface area contributed by atoms with Crippen LogP contribution in [0.4, 0.5) is 4.39 Å². The van der Waals surface area contributed by atoms with Crippen LogP contribution in [-0.2, 0) is 6.61 Å². The zero-order chi connectivity index (χ0) is 13.8. The van der Waals surface area contributed by atoms with Crippen LogP contribution in [-0.4, -0.2) is 7.11 Å². The lowest BCUT2D eigenvalue weighted by atomic mass is 10.2. The van der Waals surface area contributed by atoms with Crippen molar-refractivity contribution < 1.29 is 13.9 Å². The van der Waals surface area contributed by atoms with Gasteiger partial charge in [0.1, 0.15) is 12.4 Å². The molecule has 0 heterocycles. The summed E-state index contributed by atoms with van der Waals surface area (Å²) in [5.41, 5.74) is 0.902. The molecule has 2 aromatic rings. The molecule has 100 valence electrons. The molecular weight excluding hydrogens is 335 g/mol. The summed E-state index contributed by atoms with van der Waals surface area (Å²) in [5, 5.41) is 0.236. The van der Waals surface area contributed by atoms with Crippen molar-refractivity contribution in [2.24, 2.45) is 0 Å². The van der Waals surface area contributed by atoms with E-state index in [-0.39, 0.29) is 17.4 Å². The normalized spacial score (nSPS) is 10.3. The zero-order valence-electron chi connectivity index (χ0n) is 10.1. The third-order valence-corrected chi connectivity index (χ3v) is 3.24. The number of halogens is 3. The Morgan fingerprint density at radius 1 is 1.21 bits per heavy atom. The fourth-order valence-corrected chi connectivity index (χ4v) is 2.37. The molecule has 0 bridgehead atoms. The number of hydrogen-bond donors (Lipinski definition) is 0. The van der Waals surface area contributed by atoms with Crippen LogP contribution < -0.4 is 9.47 Å². The molecule has 2 rings (SSSR count). The zero-order valence-corrected chi connectivity index (χ0v) is 12.5. The Bertz CT molecular complexity index is 549. The molecule has 0 atom stereocenters. The predicted octanol–water partition coefficient (Wildman–Crippen LogP) is 4.83. The summed E-state index contributed by atoms with van der Waals surface area (Å²) in [6.07, 6.45) is 0. The van der Waals surface area contributed by atoms with Crippen molar-refractivity contribution in [3.05, 3.63) is 57.3 Å². The van der Waals surface area contributed by atoms with Crippen molar-refractivity contribution in [2.75, 3.05) is 7.11 Å². The van der Waals surface area contributed by atoms with Crippen LogP contribution in [0.1, 0.15) is 5.56 Å². The van der Waals surface area contributed by atoms with Crippen LogP contribution >= 0.6 is 27.5 Å². The Balaban J connectivity index is 2.10. The fourth-order valence-electron chi connectivity index (χ4n) is 1.54. The van der Waals surface area contributed by atoms with Gasteiger partial charge in [-0.3, -0.25) is 0 Å². The quantitative estimate of drug-likeness (QED) is 0.790. The lowest BCUT2D eigenvalue weighted by Gasteiger charge is -2.10. The Kier molecular flexibility index (Phi) is 4.66. The van der Waals surface area contributed by atoms with Crippen LogP contribution in [0.3, 0.4) is 0 Å². The van der Waals surface area contributed by atoms with Crippen molar-refractivity contribution in [3.63, 3.8) is 0 Å². The van der Waals surface area contributed by atoms with Gasteiger partial charge in [0, 0.05) is 4.47 Å². The average molecular weight is 346 g/mol. The highest BCUT2D eigenvalue weighted by molar-refractivity contribution is 9.10. The summed E-state index contributed by atoms with van der Waals surface area (Å²) < 4.78 is 24.7. The van der Waals surface area contributed by atoms with E-state index in [2.05, 4.69) is 15.9 Å². The van der Waals surface area contributed by atoms with Gasteiger partial charge >= 0.3 is 0 Å². The average Bonchev–Trinajstić information content (AvgIpc) is 2.38. The van der Waals surface area contributed by atoms with Gasteiger partial charge in [0.25, 0.3) is 0 Å². The van der Waals surface area contributed by atoms with Crippen LogP contribution in [0.5, 0.6) is 11.5 Å². The second kappa shape index (κ2) is 6.26. The fraction of sp³-hybridized carbons (Fsp3) is 0.143. The minimum absolute atomic E-state index is 0.0562. The number of hydrogen-bond acceptors (Lipinski definition) is 2. The molecule has 0 aromatic heterocycles. The first-order valence-corrected chi connectivity index (χ1v) is 6.67. The molecule has 0 fully saturated rings. The molecule has 19 heavy (non-hydrogen) atoms. The topological polar surface area (TPSA) is 18.5 Å². The van der Waals surface area contributed by atoms with Crippen molar-refractivity contribution in [1.82, 2.24) is 0 Å². The van der Waals surface area contributed by atoms with Gasteiger partial charge in [-0.25, -0.2) is 4.39 Å². The summed E-state index contributed by atoms with van der Waals surface area (Å²) in [5.74, 6) is 0.324. The maximum Gasteiger partial charge on any atom is 0.174 e. The molecule has 2 nitrogen and oxygen atoms in total. The molecule has 0 saturated carbocycles. The van der Waals surface area contributed by atoms with E-state index >= 15 is 0 Å². The van der Waals surface area contributed by atoms with Crippen molar-refractivity contribution in [3.8, 4) is 11.5 Å². The molecule has 0 amide bonds. The summed E-state index contributed by atoms with van der Waals surface area (Å²) in [6.45, 7) is 0.238. The van der Waals surface area contributed by atoms with Crippen LogP contribution in [0, 0.1) is 5.82 Å². The smallest absolute Gasteiger partial charge is 0.174 e. The minimum Gasteiger partial charge on any atom is -0.497 e. The second-order valence-electron chi connectivity index (χ2n) is 3.84. The largest absolute Gasteiger partial charge is 0.497 e. The molecule has 0 aliphatic carbocycles. The standard InChI is InChI=1S/C14H11BrClFO2/c1-18-11-4-2-9(3-5-11)8-19-14-12(16)6-10(15)7-13(14)17/h2-7H,8H2,1H3. The molecule has 0 N–H and O–H groups in total. The van der Waals surface area contributed by atoms with Crippen molar-refractivity contribution in [1.29, 1.82) is 0 Å². The number of methoxy groups -OCH3 is 1. The number of ether oxygens (including phenoxy) is 2. The van der Waals surface area contributed by atoms with E-state index in [0.717, 1.165) is 11.3 Å². The van der Waals surface area contributed by atoms with Gasteiger partial charge in [0.2, 0.25) is 0 Å². The highest BCUT2D eigenvalue weighted by Gasteiger charge is 2.10. The van der Waals surface area contributed by atoms with Crippen molar-refractivity contribution >= 4 is 27.5 Å². The molecular formula is C14H11BrClFO2. The summed E-state index contributed by atoms with van der Waals surface area (Å²) in [6, 6.07) is 10.2. The molecule has 0 aliphatic heterocycles. The molecule has 0 aliphatic rings. The maximum absolute atomic E-state index is 13.7. The third-order valence-electron chi connectivity index (χ3n) is 2.51. The lowest BCUT2D eigenvalue weighted by Crippen LogP contribution is -1.98. The van der Waals surface area contributed by atoms with Gasteiger partial charge in [-0.05, 0) is 29.8 Å². The van der Waals surface area contributed by atoms with Crippen LogP contribution in [0.15, 0.2) is 40.9 Å². The van der Waals surface area contributed by atoms with Gasteiger partial charge in [-0.1, -0.05) is 39.7 Å². The molecule has 2 aromatic carbocycles. The summed E-state index contributed by atoms with van der Waals surface area (Å²) in [4.78, 5) is 0. The first-order valence-electron chi connectivity index (χ1n) is 5.50. The van der Waals surface area contributed by atoms with Gasteiger partial charge in [-0.15, -0.1) is 0 Å². The van der Waals surface area contributed by atoms with Crippen LogP contribution in [0.25, 0.3) is 0 Å². The van der Waals surface area contributed by atoms with E-state index in [1.807, 2.05) is 24.3 Å². The van der Waals surface area contributed by atoms with Crippen LogP contribution in [0.2, 0.25) is 5.02 Å². The summed E-state index contributed by atoms with van der Waals surface area (Å²) >= 11 is 9.10. The van der Waals surface area contributed by atoms with Gasteiger partial charge < -0.3 is 9.47 Å². The number of benzene rings is 2. The first-order chi connectivity index (χ1) is 9.10. The van der Waals surface area contributed by atoms with Gasteiger partial charge in [0.05, 0.1) is 12.1 Å². The Morgan fingerprint density at radius 2 is 1.89 bits per heavy atom. The minimum atomic E-state index is -0.493. The molecule has 5 heteroatoms. The predicted molar refractivity (Wildman–Crippen MR) is 76.4 cm³/mol. The Hall–Kier alpha value is -1.26. The molecule has 0 radical (unpaired) electrons. The molecule has 0 saturated heterocycles. The van der Waals surface area contributed by atoms with E-state index in [1.54, 1.807) is 13.2 Å². The Labute approximate surface area is 124 Å². The second-order valence-corrected chi connectivity index (χ2v) is 5.16. The van der Waals surface area contributed by atoms with E-state index in [1.165, 1.54) is 6.07 Å². The lowest BCUT2D eigenvalue weighted by molar-refractivity contribution is 0.290. The van der Waals surface area contributed by atoms with E-state index in [0.29, 0.717) is 4.47 Å². The highest BCUT2D eigenvalue weighted by Crippen LogP contribution is 2.31. The van der Waals surface area contributed by atoms with E-state index in [4.69, 9.17) is 21.1 Å². The first kappa shape index (κ1) is 14.2. The maximum atomic E-state index is 13.7. The van der Waals surface area contributed by atoms with Gasteiger partial charge in [0.15, 0.2) is 11.6 Å². The SMILES string of the molecule is COc1ccc(COc2c(F)cc(Br)cc2Cl)cc1. The van der Waals surface area contributed by atoms with Crippen molar-refractivity contribution in [2.45, 2.75) is 6.61 Å². The Morgan fingerprint density at radius 3 is 2.47 bits per heavy atom.